The number of halogens is 3. The molecule has 0 bridgehead atoms. The molecule has 1 aliphatic heterocycles. The molecule has 3 aromatic rings. The van der Waals surface area contributed by atoms with Gasteiger partial charge in [-0.25, -0.2) is 22.9 Å². The quantitative estimate of drug-likeness (QED) is 0.386. The maximum absolute atomic E-state index is 14.8. The number of nitrogens with zero attached hydrogens (tertiary/aromatic N) is 6. The zero-order valence-corrected chi connectivity index (χ0v) is 15.7. The lowest BCUT2D eigenvalue weighted by atomic mass is 10.1. The van der Waals surface area contributed by atoms with Crippen LogP contribution >= 0.6 is 0 Å². The number of carbonyl (C=O) groups is 1. The Morgan fingerprint density at radius 3 is 2.71 bits per heavy atom. The molecule has 1 fully saturated rings. The Labute approximate surface area is 171 Å². The average molecular weight is 430 g/mol. The number of pyridine rings is 2. The van der Waals surface area contributed by atoms with Crippen LogP contribution in [0.4, 0.5) is 19.0 Å². The molecular formula is C19H13F3N6O3. The molecule has 12 heteroatoms. The topological polar surface area (TPSA) is 124 Å². The van der Waals surface area contributed by atoms with E-state index in [0.717, 1.165) is 29.0 Å². The normalized spacial score (nSPS) is 15.8. The molecular weight excluding hydrogens is 417 g/mol. The number of hydrogen-bond acceptors (Lipinski definition) is 5. The minimum atomic E-state index is -1.59. The summed E-state index contributed by atoms with van der Waals surface area (Å²) in [5.41, 5.74) is 6.40. The number of azide groups is 1. The van der Waals surface area contributed by atoms with Gasteiger partial charge in [-0.15, -0.1) is 0 Å². The molecule has 1 N–H and O–H groups in total. The zero-order valence-electron chi connectivity index (χ0n) is 15.7. The monoisotopic (exact) mass is 430 g/mol. The van der Waals surface area contributed by atoms with Crippen LogP contribution in [-0.4, -0.2) is 39.8 Å². The van der Waals surface area contributed by atoms with Gasteiger partial charge >= 0.3 is 5.97 Å². The van der Waals surface area contributed by atoms with Gasteiger partial charge in [0.05, 0.1) is 17.1 Å². The summed E-state index contributed by atoms with van der Waals surface area (Å²) in [6, 6.07) is 3.05. The fraction of sp³-hybridized carbons (Fsp3) is 0.211. The van der Waals surface area contributed by atoms with Gasteiger partial charge in [0.2, 0.25) is 5.43 Å². The Morgan fingerprint density at radius 1 is 1.26 bits per heavy atom. The van der Waals surface area contributed by atoms with E-state index in [4.69, 9.17) is 5.53 Å². The van der Waals surface area contributed by atoms with Crippen LogP contribution in [0, 0.1) is 17.5 Å². The summed E-state index contributed by atoms with van der Waals surface area (Å²) in [5.74, 6) is -4.53. The molecule has 4 rings (SSSR count). The molecule has 0 spiro atoms. The summed E-state index contributed by atoms with van der Waals surface area (Å²) < 4.78 is 43.6. The summed E-state index contributed by atoms with van der Waals surface area (Å²) in [5, 5.41) is 12.6. The number of anilines is 1. The highest BCUT2D eigenvalue weighted by Crippen LogP contribution is 2.27. The molecule has 1 aromatic carbocycles. The van der Waals surface area contributed by atoms with Crippen molar-refractivity contribution in [3.8, 4) is 5.69 Å². The minimum absolute atomic E-state index is 0.165. The van der Waals surface area contributed by atoms with Crippen LogP contribution in [0.3, 0.4) is 0 Å². The van der Waals surface area contributed by atoms with Gasteiger partial charge in [0.1, 0.15) is 17.2 Å². The minimum Gasteiger partial charge on any atom is -0.477 e. The van der Waals surface area contributed by atoms with Crippen molar-refractivity contribution in [3.05, 3.63) is 74.1 Å². The third kappa shape index (κ3) is 3.53. The van der Waals surface area contributed by atoms with Gasteiger partial charge in [0, 0.05) is 30.3 Å². The van der Waals surface area contributed by atoms with Crippen molar-refractivity contribution in [2.45, 2.75) is 12.5 Å². The van der Waals surface area contributed by atoms with Crippen LogP contribution in [0.1, 0.15) is 16.8 Å². The second-order valence-corrected chi connectivity index (χ2v) is 6.90. The summed E-state index contributed by atoms with van der Waals surface area (Å²) in [6.07, 6.45) is 1.32. The Hall–Kier alpha value is -4.05. The summed E-state index contributed by atoms with van der Waals surface area (Å²) >= 11 is 0. The standard InChI is InChI=1S/C19H13F3N6O3/c20-9-1-2-15(13(21)5-9)28-8-12(19(30)31)16(29)11-6-14(22)18(24-17(11)28)27-4-3-10(7-27)25-26-23/h1-2,5-6,8,10H,3-4,7H2,(H,30,31). The van der Waals surface area contributed by atoms with E-state index >= 15 is 0 Å². The molecule has 1 unspecified atom stereocenters. The maximum atomic E-state index is 14.8. The average Bonchev–Trinajstić information content (AvgIpc) is 3.17. The van der Waals surface area contributed by atoms with Crippen LogP contribution in [0.15, 0.2) is 40.4 Å². The molecule has 1 atom stereocenters. The molecule has 2 aromatic heterocycles. The van der Waals surface area contributed by atoms with Crippen molar-refractivity contribution in [3.63, 3.8) is 0 Å². The molecule has 0 amide bonds. The maximum Gasteiger partial charge on any atom is 0.341 e. The first-order valence-electron chi connectivity index (χ1n) is 9.04. The number of aromatic carboxylic acids is 1. The number of carboxylic acids is 1. The smallest absolute Gasteiger partial charge is 0.341 e. The van der Waals surface area contributed by atoms with E-state index in [0.29, 0.717) is 19.0 Å². The van der Waals surface area contributed by atoms with Crippen LogP contribution in [-0.2, 0) is 0 Å². The van der Waals surface area contributed by atoms with Crippen molar-refractivity contribution in [1.29, 1.82) is 0 Å². The lowest BCUT2D eigenvalue weighted by Gasteiger charge is -2.20. The number of hydrogen-bond donors (Lipinski definition) is 1. The summed E-state index contributed by atoms with van der Waals surface area (Å²) in [7, 11) is 0. The van der Waals surface area contributed by atoms with E-state index in [9.17, 15) is 27.9 Å². The Kier molecular flexibility index (Phi) is 4.99. The Bertz CT molecular complexity index is 1340. The highest BCUT2D eigenvalue weighted by molar-refractivity contribution is 5.92. The Morgan fingerprint density at radius 2 is 2.03 bits per heavy atom. The van der Waals surface area contributed by atoms with Crippen molar-refractivity contribution in [2.75, 3.05) is 18.0 Å². The molecule has 0 aliphatic carbocycles. The van der Waals surface area contributed by atoms with E-state index in [1.165, 1.54) is 4.90 Å². The van der Waals surface area contributed by atoms with Crippen LogP contribution in [0.2, 0.25) is 0 Å². The number of fused-ring (bicyclic) bond motifs is 1. The van der Waals surface area contributed by atoms with E-state index in [1.807, 2.05) is 0 Å². The van der Waals surface area contributed by atoms with Crippen molar-refractivity contribution in [2.24, 2.45) is 5.11 Å². The van der Waals surface area contributed by atoms with Crippen LogP contribution < -0.4 is 10.3 Å². The van der Waals surface area contributed by atoms with Crippen LogP contribution in [0.5, 0.6) is 0 Å². The van der Waals surface area contributed by atoms with Gasteiger partial charge in [-0.1, -0.05) is 5.11 Å². The predicted octanol–water partition coefficient (Wildman–Crippen LogP) is 3.39. The van der Waals surface area contributed by atoms with Gasteiger partial charge in [-0.2, -0.15) is 0 Å². The summed E-state index contributed by atoms with van der Waals surface area (Å²) in [6.45, 7) is 0.503. The van der Waals surface area contributed by atoms with E-state index in [-0.39, 0.29) is 29.1 Å². The van der Waals surface area contributed by atoms with Crippen molar-refractivity contribution >= 4 is 22.8 Å². The molecule has 0 radical (unpaired) electrons. The number of carboxylic acid groups (broad SMARTS) is 1. The SMILES string of the molecule is [N-]=[N+]=NC1CCN(c2nc3c(cc2F)c(=O)c(C(=O)O)cn3-c2ccc(F)cc2F)C1. The largest absolute Gasteiger partial charge is 0.477 e. The first kappa shape index (κ1) is 20.2. The summed E-state index contributed by atoms with van der Waals surface area (Å²) in [4.78, 5) is 32.5. The van der Waals surface area contributed by atoms with Gasteiger partial charge in [0.25, 0.3) is 0 Å². The first-order chi connectivity index (χ1) is 14.8. The van der Waals surface area contributed by atoms with Gasteiger partial charge < -0.3 is 10.0 Å². The fourth-order valence-electron chi connectivity index (χ4n) is 3.55. The van der Waals surface area contributed by atoms with Gasteiger partial charge in [0.15, 0.2) is 17.3 Å². The molecule has 158 valence electrons. The number of benzene rings is 1. The lowest BCUT2D eigenvalue weighted by Crippen LogP contribution is -2.25. The van der Waals surface area contributed by atoms with Gasteiger partial charge in [-0.05, 0) is 30.2 Å². The molecule has 3 heterocycles. The second-order valence-electron chi connectivity index (χ2n) is 6.90. The zero-order chi connectivity index (χ0) is 22.3. The fourth-order valence-corrected chi connectivity index (χ4v) is 3.55. The number of aromatic nitrogens is 2. The van der Waals surface area contributed by atoms with Crippen molar-refractivity contribution in [1.82, 2.24) is 9.55 Å². The Balaban J connectivity index is 1.99. The highest BCUT2D eigenvalue weighted by atomic mass is 19.1. The molecule has 0 saturated carbocycles. The molecule has 1 saturated heterocycles. The van der Waals surface area contributed by atoms with Crippen molar-refractivity contribution < 1.29 is 23.1 Å². The van der Waals surface area contributed by atoms with Crippen LogP contribution in [0.25, 0.3) is 27.2 Å². The van der Waals surface area contributed by atoms with E-state index in [2.05, 4.69) is 15.0 Å². The molecule has 9 nitrogen and oxygen atoms in total. The highest BCUT2D eigenvalue weighted by Gasteiger charge is 2.27. The first-order valence-corrected chi connectivity index (χ1v) is 9.04. The third-order valence-corrected chi connectivity index (χ3v) is 4.99. The van der Waals surface area contributed by atoms with E-state index in [1.54, 1.807) is 0 Å². The third-order valence-electron chi connectivity index (χ3n) is 4.99. The van der Waals surface area contributed by atoms with Gasteiger partial charge in [-0.3, -0.25) is 9.36 Å². The van der Waals surface area contributed by atoms with E-state index < -0.39 is 40.5 Å². The molecule has 1 aliphatic rings. The number of rotatable bonds is 4. The predicted molar refractivity (Wildman–Crippen MR) is 104 cm³/mol. The molecule has 31 heavy (non-hydrogen) atoms. The lowest BCUT2D eigenvalue weighted by molar-refractivity contribution is 0.0695. The second kappa shape index (κ2) is 7.65.